The molecule has 7 heteroatoms. The number of amides is 1. The summed E-state index contributed by atoms with van der Waals surface area (Å²) in [6.07, 6.45) is 1.41. The first-order valence-corrected chi connectivity index (χ1v) is 6.49. The third-order valence-corrected chi connectivity index (χ3v) is 2.96. The summed E-state index contributed by atoms with van der Waals surface area (Å²) < 4.78 is 4.87. The zero-order valence-electron chi connectivity index (χ0n) is 11.5. The fourth-order valence-electron chi connectivity index (χ4n) is 2.01. The number of carbonyl (C=O) groups excluding carboxylic acids is 1. The number of cyclic esters (lactones) is 1. The summed E-state index contributed by atoms with van der Waals surface area (Å²) in [6.45, 7) is 6.44. The summed E-state index contributed by atoms with van der Waals surface area (Å²) in [6, 6.07) is 0. The van der Waals surface area contributed by atoms with Gasteiger partial charge in [-0.1, -0.05) is 13.8 Å². The van der Waals surface area contributed by atoms with Crippen LogP contribution in [0.2, 0.25) is 0 Å². The van der Waals surface area contributed by atoms with Crippen LogP contribution >= 0.6 is 0 Å². The first-order valence-electron chi connectivity index (χ1n) is 6.49. The summed E-state index contributed by atoms with van der Waals surface area (Å²) in [5.41, 5.74) is 5.12. The lowest BCUT2D eigenvalue weighted by Crippen LogP contribution is -2.29. The molecule has 1 fully saturated rings. The van der Waals surface area contributed by atoms with E-state index in [4.69, 9.17) is 4.74 Å². The van der Waals surface area contributed by atoms with Crippen LogP contribution in [-0.4, -0.2) is 41.3 Å². The van der Waals surface area contributed by atoms with E-state index in [-0.39, 0.29) is 6.09 Å². The van der Waals surface area contributed by atoms with Crippen LogP contribution in [0, 0.1) is 0 Å². The van der Waals surface area contributed by atoms with E-state index in [1.807, 2.05) is 25.9 Å². The summed E-state index contributed by atoms with van der Waals surface area (Å²) in [5.74, 6) is 0.434. The average Bonchev–Trinajstić information content (AvgIpc) is 3.05. The quantitative estimate of drug-likeness (QED) is 0.857. The minimum absolute atomic E-state index is 0.367. The molecule has 7 nitrogen and oxygen atoms in total. The smallest absolute Gasteiger partial charge is 0.416 e. The van der Waals surface area contributed by atoms with Crippen LogP contribution in [0.3, 0.4) is 0 Å². The predicted octanol–water partition coefficient (Wildman–Crippen LogP) is 0.909. The van der Waals surface area contributed by atoms with Crippen molar-refractivity contribution in [2.24, 2.45) is 0 Å². The highest BCUT2D eigenvalue weighted by Crippen LogP contribution is 2.21. The van der Waals surface area contributed by atoms with Crippen LogP contribution < -0.4 is 10.3 Å². The maximum Gasteiger partial charge on any atom is 0.416 e. The molecule has 1 aromatic rings. The minimum atomic E-state index is -0.367. The third-order valence-electron chi connectivity index (χ3n) is 2.96. The van der Waals surface area contributed by atoms with Gasteiger partial charge in [0.2, 0.25) is 5.95 Å². The molecular weight excluding hydrogens is 246 g/mol. The van der Waals surface area contributed by atoms with Gasteiger partial charge in [0.15, 0.2) is 0 Å². The van der Waals surface area contributed by atoms with E-state index >= 15 is 0 Å². The second-order valence-corrected chi connectivity index (χ2v) is 3.99. The number of fused-ring (bicyclic) bond motifs is 1. The molecule has 0 unspecified atom stereocenters. The van der Waals surface area contributed by atoms with Gasteiger partial charge in [-0.25, -0.2) is 24.7 Å². The number of rotatable bonds is 2. The molecule has 3 rings (SSSR count). The van der Waals surface area contributed by atoms with E-state index in [0.29, 0.717) is 19.1 Å². The van der Waals surface area contributed by atoms with E-state index in [9.17, 15) is 4.79 Å². The van der Waals surface area contributed by atoms with Gasteiger partial charge in [0.1, 0.15) is 6.61 Å². The molecule has 1 saturated heterocycles. The lowest BCUT2D eigenvalue weighted by molar-refractivity contribution is 0.181. The zero-order valence-corrected chi connectivity index (χ0v) is 11.5. The van der Waals surface area contributed by atoms with Gasteiger partial charge in [-0.3, -0.25) is 5.43 Å². The summed E-state index contributed by atoms with van der Waals surface area (Å²) in [5, 5.41) is 2.03. The lowest BCUT2D eigenvalue weighted by atomic mass is 10.3. The Labute approximate surface area is 112 Å². The van der Waals surface area contributed by atoms with Crippen LogP contribution in [-0.2, 0) is 17.8 Å². The summed E-state index contributed by atoms with van der Waals surface area (Å²) in [4.78, 5) is 21.5. The van der Waals surface area contributed by atoms with Crippen LogP contribution in [0.25, 0.3) is 0 Å². The monoisotopic (exact) mass is 265 g/mol. The van der Waals surface area contributed by atoms with E-state index in [1.54, 1.807) is 6.20 Å². The highest BCUT2D eigenvalue weighted by molar-refractivity contribution is 5.87. The summed E-state index contributed by atoms with van der Waals surface area (Å²) >= 11 is 0. The number of hydrazine groups is 1. The number of hydrogen-bond acceptors (Lipinski definition) is 6. The van der Waals surface area contributed by atoms with Crippen molar-refractivity contribution in [2.75, 3.05) is 25.1 Å². The van der Waals surface area contributed by atoms with E-state index in [0.717, 1.165) is 24.3 Å². The van der Waals surface area contributed by atoms with Crippen molar-refractivity contribution in [3.63, 3.8) is 0 Å². The number of anilines is 1. The van der Waals surface area contributed by atoms with E-state index in [2.05, 4.69) is 15.4 Å². The maximum atomic E-state index is 11.4. The van der Waals surface area contributed by atoms with Crippen molar-refractivity contribution in [3.8, 4) is 0 Å². The Bertz CT molecular complexity index is 465. The van der Waals surface area contributed by atoms with Gasteiger partial charge in [0.25, 0.3) is 0 Å². The van der Waals surface area contributed by atoms with Crippen LogP contribution in [0.15, 0.2) is 6.20 Å². The molecule has 0 aliphatic carbocycles. The molecule has 0 aromatic carbocycles. The Balaban J connectivity index is 0.000000637. The molecule has 1 aromatic heterocycles. The zero-order chi connectivity index (χ0) is 13.8. The van der Waals surface area contributed by atoms with E-state index < -0.39 is 0 Å². The summed E-state index contributed by atoms with van der Waals surface area (Å²) in [7, 11) is 1.87. The van der Waals surface area contributed by atoms with Crippen molar-refractivity contribution in [1.29, 1.82) is 0 Å². The largest absolute Gasteiger partial charge is 0.447 e. The van der Waals surface area contributed by atoms with Crippen molar-refractivity contribution in [3.05, 3.63) is 17.5 Å². The Kier molecular flexibility index (Phi) is 4.28. The number of ether oxygens (including phenoxy) is 1. The lowest BCUT2D eigenvalue weighted by Gasteiger charge is -2.11. The maximum absolute atomic E-state index is 11.4. The molecule has 0 bridgehead atoms. The fourth-order valence-corrected chi connectivity index (χ4v) is 2.01. The fraction of sp³-hybridized carbons (Fsp3) is 0.583. The number of nitrogens with one attached hydrogen (secondary N) is 1. The van der Waals surface area contributed by atoms with Gasteiger partial charge in [0, 0.05) is 18.3 Å². The van der Waals surface area contributed by atoms with Crippen molar-refractivity contribution in [1.82, 2.24) is 20.4 Å². The van der Waals surface area contributed by atoms with Crippen molar-refractivity contribution in [2.45, 2.75) is 26.9 Å². The highest BCUT2D eigenvalue weighted by Gasteiger charge is 2.28. The Morgan fingerprint density at radius 1 is 1.37 bits per heavy atom. The molecule has 1 amide bonds. The first-order chi connectivity index (χ1) is 9.28. The molecule has 3 heterocycles. The van der Waals surface area contributed by atoms with Crippen LogP contribution in [0.4, 0.5) is 10.7 Å². The Hall–Kier alpha value is -1.73. The molecule has 104 valence electrons. The van der Waals surface area contributed by atoms with Crippen LogP contribution in [0.5, 0.6) is 0 Å². The molecule has 0 spiro atoms. The van der Waals surface area contributed by atoms with Crippen molar-refractivity contribution >= 4 is 12.0 Å². The number of hydrogen-bond donors (Lipinski definition) is 1. The van der Waals surface area contributed by atoms with E-state index in [1.165, 1.54) is 4.90 Å². The van der Waals surface area contributed by atoms with Gasteiger partial charge in [-0.05, 0) is 7.05 Å². The van der Waals surface area contributed by atoms with Gasteiger partial charge < -0.3 is 4.74 Å². The second-order valence-electron chi connectivity index (χ2n) is 3.99. The SMILES string of the molecule is CC.CNN1Cc2cnc(N3CCOC3=O)nc2C1. The molecular formula is C12H19N5O2. The normalized spacial score (nSPS) is 17.8. The third kappa shape index (κ3) is 2.66. The van der Waals surface area contributed by atoms with Gasteiger partial charge >= 0.3 is 6.09 Å². The Morgan fingerprint density at radius 3 is 2.79 bits per heavy atom. The predicted molar refractivity (Wildman–Crippen MR) is 70.4 cm³/mol. The van der Waals surface area contributed by atoms with Gasteiger partial charge in [0.05, 0.1) is 18.8 Å². The first kappa shape index (κ1) is 13.7. The topological polar surface area (TPSA) is 70.6 Å². The average molecular weight is 265 g/mol. The molecule has 2 aliphatic heterocycles. The molecule has 19 heavy (non-hydrogen) atoms. The highest BCUT2D eigenvalue weighted by atomic mass is 16.6. The van der Waals surface area contributed by atoms with Gasteiger partial charge in [-0.2, -0.15) is 0 Å². The minimum Gasteiger partial charge on any atom is -0.447 e. The molecule has 0 atom stereocenters. The van der Waals surface area contributed by atoms with Crippen LogP contribution in [0.1, 0.15) is 25.1 Å². The van der Waals surface area contributed by atoms with Crippen molar-refractivity contribution < 1.29 is 9.53 Å². The standard InChI is InChI=1S/C10H13N5O2.C2H6/c1-11-14-5-7-4-12-9(13-8(7)6-14)15-2-3-17-10(15)16;1-2/h4,11H,2-3,5-6H2,1H3;1-2H3. The number of nitrogens with zero attached hydrogens (tertiary/aromatic N) is 4. The molecule has 1 N–H and O–H groups in total. The molecule has 0 saturated carbocycles. The van der Waals surface area contributed by atoms with Gasteiger partial charge in [-0.15, -0.1) is 0 Å². The second kappa shape index (κ2) is 5.94. The number of carbonyl (C=O) groups is 1. The Morgan fingerprint density at radius 2 is 2.16 bits per heavy atom. The number of aromatic nitrogens is 2. The molecule has 2 aliphatic rings. The molecule has 0 radical (unpaired) electrons.